The monoisotopic (exact) mass is 410 g/mol. The molecule has 1 aromatic carbocycles. The minimum Gasteiger partial charge on any atom is -0.450 e. The third-order valence-electron chi connectivity index (χ3n) is 5.40. The molecule has 0 bridgehead atoms. The number of hydrogen-bond acceptors (Lipinski definition) is 6. The molecule has 0 aliphatic carbocycles. The fraction of sp³-hybridized carbons (Fsp3) is 0.364. The molecule has 29 heavy (non-hydrogen) atoms. The van der Waals surface area contributed by atoms with Crippen LogP contribution in [-0.4, -0.2) is 27.4 Å². The van der Waals surface area contributed by atoms with Crippen LogP contribution >= 0.6 is 11.3 Å². The smallest absolute Gasteiger partial charge is 0.349 e. The van der Waals surface area contributed by atoms with Crippen LogP contribution in [0.5, 0.6) is 0 Å². The summed E-state index contributed by atoms with van der Waals surface area (Å²) in [5, 5.41) is 0.474. The van der Waals surface area contributed by atoms with Crippen molar-refractivity contribution in [2.75, 3.05) is 0 Å². The Balaban J connectivity index is 1.58. The second-order valence-corrected chi connectivity index (χ2v) is 8.29. The molecule has 1 aliphatic heterocycles. The van der Waals surface area contributed by atoms with Crippen molar-refractivity contribution < 1.29 is 14.3 Å². The highest BCUT2D eigenvalue weighted by Gasteiger charge is 2.26. The molecule has 3 aromatic rings. The average molecular weight is 410 g/mol. The van der Waals surface area contributed by atoms with E-state index in [1.807, 2.05) is 19.1 Å². The summed E-state index contributed by atoms with van der Waals surface area (Å²) in [5.41, 5.74) is 2.11. The molecule has 6 nitrogen and oxygen atoms in total. The van der Waals surface area contributed by atoms with Crippen LogP contribution < -0.4 is 5.56 Å². The van der Waals surface area contributed by atoms with Gasteiger partial charge in [-0.3, -0.25) is 14.2 Å². The second-order valence-electron chi connectivity index (χ2n) is 7.29. The van der Waals surface area contributed by atoms with E-state index in [2.05, 4.69) is 4.98 Å². The number of fused-ring (bicyclic) bond motifs is 2. The Labute approximate surface area is 172 Å². The highest BCUT2D eigenvalue weighted by Crippen LogP contribution is 2.29. The number of ketones is 1. The normalized spacial score (nSPS) is 14.0. The molecule has 0 saturated heterocycles. The third kappa shape index (κ3) is 3.40. The summed E-state index contributed by atoms with van der Waals surface area (Å²) < 4.78 is 7.13. The van der Waals surface area contributed by atoms with Gasteiger partial charge in [-0.1, -0.05) is 31.2 Å². The standard InChI is InChI=1S/C22H22N2O4S/c1-4-14-7-9-15(10-8-14)18(25)13(3)28-22(27)19-12(2)17-20(29-19)23-16-6-5-11-24(16)21(17)26/h7-10,13H,4-6,11H2,1-3H3. The lowest BCUT2D eigenvalue weighted by atomic mass is 10.0. The van der Waals surface area contributed by atoms with E-state index in [4.69, 9.17) is 4.74 Å². The van der Waals surface area contributed by atoms with E-state index in [-0.39, 0.29) is 11.3 Å². The molecule has 0 radical (unpaired) electrons. The van der Waals surface area contributed by atoms with E-state index in [9.17, 15) is 14.4 Å². The molecule has 0 fully saturated rings. The fourth-order valence-corrected chi connectivity index (χ4v) is 4.75. The van der Waals surface area contributed by atoms with Crippen molar-refractivity contribution in [1.29, 1.82) is 0 Å². The van der Waals surface area contributed by atoms with E-state index in [1.54, 1.807) is 30.5 Å². The molecule has 1 unspecified atom stereocenters. The third-order valence-corrected chi connectivity index (χ3v) is 6.56. The van der Waals surface area contributed by atoms with Crippen molar-refractivity contribution in [2.24, 2.45) is 0 Å². The number of esters is 1. The van der Waals surface area contributed by atoms with Crippen LogP contribution in [0.4, 0.5) is 0 Å². The topological polar surface area (TPSA) is 78.3 Å². The van der Waals surface area contributed by atoms with Crippen molar-refractivity contribution in [3.8, 4) is 0 Å². The van der Waals surface area contributed by atoms with Crippen molar-refractivity contribution in [2.45, 2.75) is 52.7 Å². The number of Topliss-reactive ketones (excluding diaryl/α,β-unsaturated/α-hetero) is 1. The zero-order valence-electron chi connectivity index (χ0n) is 16.7. The van der Waals surface area contributed by atoms with Crippen molar-refractivity contribution in [3.63, 3.8) is 0 Å². The van der Waals surface area contributed by atoms with Crippen LogP contribution in [0.1, 0.15) is 57.2 Å². The van der Waals surface area contributed by atoms with Gasteiger partial charge in [0.05, 0.1) is 5.39 Å². The van der Waals surface area contributed by atoms with Crippen molar-refractivity contribution >= 4 is 33.3 Å². The van der Waals surface area contributed by atoms with E-state index in [0.29, 0.717) is 32.8 Å². The van der Waals surface area contributed by atoms with E-state index >= 15 is 0 Å². The number of carbonyl (C=O) groups is 2. The summed E-state index contributed by atoms with van der Waals surface area (Å²) >= 11 is 1.16. The SMILES string of the molecule is CCc1ccc(C(=O)C(C)OC(=O)c2sc3nc4n(c(=O)c3c2C)CCC4)cc1. The van der Waals surface area contributed by atoms with Crippen LogP contribution in [0, 0.1) is 6.92 Å². The lowest BCUT2D eigenvalue weighted by Crippen LogP contribution is -2.24. The van der Waals surface area contributed by atoms with Crippen LogP contribution in [0.15, 0.2) is 29.1 Å². The van der Waals surface area contributed by atoms with Gasteiger partial charge in [-0.2, -0.15) is 0 Å². The Kier molecular flexibility index (Phi) is 5.08. The minimum atomic E-state index is -0.918. The number of aromatic nitrogens is 2. The number of benzene rings is 1. The number of aryl methyl sites for hydroxylation is 3. The van der Waals surface area contributed by atoms with Crippen LogP contribution in [0.25, 0.3) is 10.2 Å². The number of ether oxygens (including phenoxy) is 1. The summed E-state index contributed by atoms with van der Waals surface area (Å²) in [6, 6.07) is 7.30. The number of hydrogen-bond donors (Lipinski definition) is 0. The molecule has 4 rings (SSSR count). The maximum Gasteiger partial charge on any atom is 0.349 e. The molecule has 0 spiro atoms. The molecule has 150 valence electrons. The molecule has 0 amide bonds. The fourth-order valence-electron chi connectivity index (χ4n) is 3.68. The average Bonchev–Trinajstić information content (AvgIpc) is 3.32. The van der Waals surface area contributed by atoms with Gasteiger partial charge in [0.25, 0.3) is 5.56 Å². The Morgan fingerprint density at radius 2 is 2.00 bits per heavy atom. The van der Waals surface area contributed by atoms with Gasteiger partial charge in [-0.15, -0.1) is 11.3 Å². The number of nitrogens with zero attached hydrogens (tertiary/aromatic N) is 2. The predicted molar refractivity (Wildman–Crippen MR) is 112 cm³/mol. The van der Waals surface area contributed by atoms with Gasteiger partial charge >= 0.3 is 5.97 Å². The molecular weight excluding hydrogens is 388 g/mol. The minimum absolute atomic E-state index is 0.101. The lowest BCUT2D eigenvalue weighted by molar-refractivity contribution is 0.0323. The van der Waals surface area contributed by atoms with Gasteiger partial charge in [0.15, 0.2) is 6.10 Å². The Hall–Kier alpha value is -2.80. The molecule has 1 atom stereocenters. The van der Waals surface area contributed by atoms with Gasteiger partial charge in [-0.05, 0) is 37.8 Å². The highest BCUT2D eigenvalue weighted by atomic mass is 32.1. The van der Waals surface area contributed by atoms with Gasteiger partial charge in [0, 0.05) is 18.5 Å². The molecule has 0 N–H and O–H groups in total. The largest absolute Gasteiger partial charge is 0.450 e. The van der Waals surface area contributed by atoms with Gasteiger partial charge in [0.1, 0.15) is 15.5 Å². The number of thiophene rings is 1. The van der Waals surface area contributed by atoms with Crippen LogP contribution in [0.3, 0.4) is 0 Å². The van der Waals surface area contributed by atoms with Crippen LogP contribution in [-0.2, 0) is 24.1 Å². The summed E-state index contributed by atoms with van der Waals surface area (Å²) in [6.07, 6.45) is 1.65. The number of carbonyl (C=O) groups excluding carboxylic acids is 2. The van der Waals surface area contributed by atoms with Crippen LogP contribution in [0.2, 0.25) is 0 Å². The van der Waals surface area contributed by atoms with Gasteiger partial charge in [0.2, 0.25) is 5.78 Å². The molecule has 1 aliphatic rings. The summed E-state index contributed by atoms with van der Waals surface area (Å²) in [5.74, 6) is -0.0826. The maximum atomic E-state index is 12.8. The molecule has 0 saturated carbocycles. The Bertz CT molecular complexity index is 1170. The van der Waals surface area contributed by atoms with E-state index < -0.39 is 12.1 Å². The quantitative estimate of drug-likeness (QED) is 0.473. The van der Waals surface area contributed by atoms with Gasteiger partial charge < -0.3 is 4.74 Å². The number of rotatable bonds is 5. The summed E-state index contributed by atoms with van der Waals surface area (Å²) in [6.45, 7) is 6.01. The molecule has 3 heterocycles. The first-order chi connectivity index (χ1) is 13.9. The molecule has 2 aromatic heterocycles. The van der Waals surface area contributed by atoms with E-state index in [1.165, 1.54) is 0 Å². The summed E-state index contributed by atoms with van der Waals surface area (Å²) in [4.78, 5) is 43.6. The zero-order valence-corrected chi connectivity index (χ0v) is 17.5. The first-order valence-electron chi connectivity index (χ1n) is 9.77. The van der Waals surface area contributed by atoms with Gasteiger partial charge in [-0.25, -0.2) is 9.78 Å². The predicted octanol–water partition coefficient (Wildman–Crippen LogP) is 3.70. The summed E-state index contributed by atoms with van der Waals surface area (Å²) in [7, 11) is 0. The van der Waals surface area contributed by atoms with Crippen molar-refractivity contribution in [1.82, 2.24) is 9.55 Å². The first-order valence-corrected chi connectivity index (χ1v) is 10.6. The maximum absolute atomic E-state index is 12.8. The Morgan fingerprint density at radius 3 is 2.69 bits per heavy atom. The first kappa shape index (κ1) is 19.5. The zero-order chi connectivity index (χ0) is 20.7. The van der Waals surface area contributed by atoms with Crippen molar-refractivity contribution in [3.05, 3.63) is 62.0 Å². The second kappa shape index (κ2) is 7.55. The molecular formula is C22H22N2O4S. The lowest BCUT2D eigenvalue weighted by Gasteiger charge is -2.12. The highest BCUT2D eigenvalue weighted by molar-refractivity contribution is 7.20. The molecule has 7 heteroatoms. The van der Waals surface area contributed by atoms with E-state index in [0.717, 1.165) is 42.0 Å². The Morgan fingerprint density at radius 1 is 1.28 bits per heavy atom.